The molecule has 0 unspecified atom stereocenters. The second-order valence-electron chi connectivity index (χ2n) is 23.2. The van der Waals surface area contributed by atoms with E-state index in [1.165, 1.54) is 37.8 Å². The molecule has 74 heavy (non-hydrogen) atoms. The first-order valence-electron chi connectivity index (χ1n) is 27.0. The monoisotopic (exact) mass is 1010 g/mol. The zero-order valence-corrected chi connectivity index (χ0v) is 43.0. The van der Waals surface area contributed by atoms with Gasteiger partial charge in [-0.3, -0.25) is 29.6 Å². The first-order valence-corrected chi connectivity index (χ1v) is 27.0. The Labute approximate surface area is 431 Å². The maximum atomic E-state index is 17.2. The number of likely N-dealkylation sites (tertiary alicyclic amines) is 1. The molecule has 3 saturated carbocycles. The lowest BCUT2D eigenvalue weighted by molar-refractivity contribution is -0.136. The molecule has 1 spiro atoms. The topological polar surface area (TPSA) is 160 Å². The molecule has 15 nitrogen and oxygen atoms in total. The fraction of sp³-hybridized carbons (Fsp3) is 0.544. The van der Waals surface area contributed by atoms with E-state index in [4.69, 9.17) is 14.7 Å². The number of fused-ring (bicyclic) bond motifs is 3. The molecular weight excluding hydrogens is 943 g/mol. The van der Waals surface area contributed by atoms with Gasteiger partial charge in [0.15, 0.2) is 5.82 Å². The number of nitrogens with one attached hydrogen (secondary N) is 2. The summed E-state index contributed by atoms with van der Waals surface area (Å²) in [5.41, 5.74) is 3.86. The van der Waals surface area contributed by atoms with E-state index in [0.29, 0.717) is 76.6 Å². The standard InChI is InChI=1S/C57H68F2N10O5/c1-4-40-44(58)9-6-36-25-39(70)26-42(47(36)40)49-48(59)50-43(29-60-49)51(61-32-57(65(2)3)12-5-13-57)64-54(63-50)74-34-56(14-15-56)33-67-18-16-55(17-19-67)27-35(28-55)30-66-20-22-68(23-21-66)38-7-8-41-37(24-38)31-69(53(41)73)45-10-11-46(71)62-52(45)72/h6-9,24-26,29,35,45,70H,4-5,10-23,27-28,30-34H2,1-3H3,(H,61,63,64)(H,62,71,72)/t45-/m0/s1. The molecule has 3 aliphatic carbocycles. The summed E-state index contributed by atoms with van der Waals surface area (Å²) < 4.78 is 38.9. The number of ether oxygens (including phenoxy) is 1. The number of carbonyl (C=O) groups excluding carboxylic acids is 3. The van der Waals surface area contributed by atoms with Gasteiger partial charge in [0.2, 0.25) is 11.8 Å². The summed E-state index contributed by atoms with van der Waals surface area (Å²) in [5, 5.41) is 18.2. The van der Waals surface area contributed by atoms with Crippen molar-refractivity contribution < 1.29 is 33.0 Å². The minimum atomic E-state index is -0.679. The van der Waals surface area contributed by atoms with E-state index in [9.17, 15) is 19.5 Å². The quantitative estimate of drug-likeness (QED) is 0.0886. The smallest absolute Gasteiger partial charge is 0.319 e. The minimum Gasteiger partial charge on any atom is -0.508 e. The molecule has 7 aliphatic rings. The number of hydrogen-bond acceptors (Lipinski definition) is 13. The molecule has 6 fully saturated rings. The second-order valence-corrected chi connectivity index (χ2v) is 23.2. The fourth-order valence-corrected chi connectivity index (χ4v) is 13.5. The van der Waals surface area contributed by atoms with Gasteiger partial charge in [0.05, 0.1) is 12.0 Å². The number of phenolic OH excluding ortho intramolecular Hbond substituents is 1. The zero-order valence-electron chi connectivity index (χ0n) is 43.0. The largest absolute Gasteiger partial charge is 0.508 e. The van der Waals surface area contributed by atoms with E-state index in [1.54, 1.807) is 23.2 Å². The molecule has 5 aromatic rings. The molecule has 1 atom stereocenters. The third-order valence-electron chi connectivity index (χ3n) is 18.4. The van der Waals surface area contributed by atoms with Gasteiger partial charge in [-0.2, -0.15) is 9.97 Å². The lowest BCUT2D eigenvalue weighted by atomic mass is 9.57. The average molecular weight is 1010 g/mol. The number of piperazine rings is 1. The van der Waals surface area contributed by atoms with Gasteiger partial charge >= 0.3 is 6.01 Å². The number of likely N-dealkylation sites (N-methyl/N-ethyl adjacent to an activating group) is 1. The Hall–Kier alpha value is -6.04. The molecule has 3 saturated heterocycles. The van der Waals surface area contributed by atoms with E-state index in [1.807, 2.05) is 19.1 Å². The molecular formula is C57H68F2N10O5. The third-order valence-corrected chi connectivity index (χ3v) is 18.4. The highest BCUT2D eigenvalue weighted by atomic mass is 19.1. The molecule has 0 radical (unpaired) electrons. The van der Waals surface area contributed by atoms with Crippen LogP contribution in [0.3, 0.4) is 0 Å². The van der Waals surface area contributed by atoms with E-state index in [0.717, 1.165) is 102 Å². The number of carbonyl (C=O) groups is 3. The SMILES string of the molecule is CCc1c(F)ccc2cc(O)cc(-c3ncc4c(NCC5(N(C)C)CCC5)nc(OCC5(CN6CCC7(CC6)CC(CN6CCN(c8ccc9c(c8)CN([C@H]8CCC(=O)NC8=O)C9=O)CC6)C7)CC5)nc4c3F)c12. The molecule has 3 N–H and O–H groups in total. The number of imide groups is 1. The number of nitrogens with zero attached hydrogens (tertiary/aromatic N) is 8. The Balaban J connectivity index is 0.658. The van der Waals surface area contributed by atoms with Crippen LogP contribution in [0.5, 0.6) is 11.8 Å². The van der Waals surface area contributed by atoms with Crippen LogP contribution in [0.4, 0.5) is 20.3 Å². The molecule has 17 heteroatoms. The molecule has 3 aromatic carbocycles. The van der Waals surface area contributed by atoms with E-state index >= 15 is 8.78 Å². The van der Waals surface area contributed by atoms with Crippen molar-refractivity contribution in [2.75, 3.05) is 89.8 Å². The highest BCUT2D eigenvalue weighted by Gasteiger charge is 2.50. The summed E-state index contributed by atoms with van der Waals surface area (Å²) in [6, 6.07) is 11.5. The third kappa shape index (κ3) is 8.99. The predicted molar refractivity (Wildman–Crippen MR) is 279 cm³/mol. The summed E-state index contributed by atoms with van der Waals surface area (Å²) >= 11 is 0. The van der Waals surface area contributed by atoms with E-state index in [2.05, 4.69) is 55.4 Å². The average Bonchev–Trinajstić information content (AvgIpc) is 4.06. The van der Waals surface area contributed by atoms with Gasteiger partial charge < -0.3 is 34.8 Å². The van der Waals surface area contributed by atoms with Gasteiger partial charge in [-0.15, -0.1) is 0 Å². The normalized spacial score (nSPS) is 22.6. The van der Waals surface area contributed by atoms with Crippen LogP contribution < -0.4 is 20.3 Å². The molecule has 4 aliphatic heterocycles. The number of anilines is 2. The van der Waals surface area contributed by atoms with Crippen LogP contribution >= 0.6 is 0 Å². The fourth-order valence-electron chi connectivity index (χ4n) is 13.5. The van der Waals surface area contributed by atoms with Crippen LogP contribution in [-0.2, 0) is 22.6 Å². The number of hydrogen-bond donors (Lipinski definition) is 3. The first-order chi connectivity index (χ1) is 35.7. The van der Waals surface area contributed by atoms with Gasteiger partial charge in [0.1, 0.15) is 34.6 Å². The van der Waals surface area contributed by atoms with Crippen molar-refractivity contribution in [1.29, 1.82) is 0 Å². The Morgan fingerprint density at radius 1 is 0.905 bits per heavy atom. The van der Waals surface area contributed by atoms with Crippen molar-refractivity contribution >= 4 is 50.9 Å². The van der Waals surface area contributed by atoms with Crippen LogP contribution in [0.1, 0.15) is 99.0 Å². The Morgan fingerprint density at radius 2 is 1.69 bits per heavy atom. The Morgan fingerprint density at radius 3 is 2.39 bits per heavy atom. The molecule has 6 heterocycles. The number of amides is 3. The summed E-state index contributed by atoms with van der Waals surface area (Å²) in [4.78, 5) is 63.2. The lowest BCUT2D eigenvalue weighted by Crippen LogP contribution is -2.54. The van der Waals surface area contributed by atoms with E-state index < -0.39 is 17.7 Å². The molecule has 3 amide bonds. The summed E-state index contributed by atoms with van der Waals surface area (Å²) in [5.74, 6) is -0.758. The molecule has 390 valence electrons. The number of pyridine rings is 1. The number of piperidine rings is 2. The minimum absolute atomic E-state index is 0.0158. The van der Waals surface area contributed by atoms with Crippen molar-refractivity contribution in [3.05, 3.63) is 77.0 Å². The maximum absolute atomic E-state index is 17.2. The zero-order chi connectivity index (χ0) is 51.1. The Kier molecular flexibility index (Phi) is 12.5. The van der Waals surface area contributed by atoms with Crippen LogP contribution in [0.25, 0.3) is 32.9 Å². The van der Waals surface area contributed by atoms with Gasteiger partial charge in [0.25, 0.3) is 5.91 Å². The van der Waals surface area contributed by atoms with Crippen LogP contribution in [0.15, 0.2) is 48.7 Å². The Bertz CT molecular complexity index is 3050. The predicted octanol–water partition coefficient (Wildman–Crippen LogP) is 7.52. The lowest BCUT2D eigenvalue weighted by Gasteiger charge is -2.54. The highest BCUT2D eigenvalue weighted by molar-refractivity contribution is 6.06. The summed E-state index contributed by atoms with van der Waals surface area (Å²) in [6.45, 7) is 11.4. The number of aromatic hydroxyl groups is 1. The van der Waals surface area contributed by atoms with Gasteiger partial charge in [-0.05, 0) is 167 Å². The highest BCUT2D eigenvalue weighted by Crippen LogP contribution is 2.54. The molecule has 12 rings (SSSR count). The second kappa shape index (κ2) is 19.0. The van der Waals surface area contributed by atoms with Crippen molar-refractivity contribution in [1.82, 2.24) is 39.9 Å². The van der Waals surface area contributed by atoms with Crippen LogP contribution in [0, 0.1) is 28.4 Å². The van der Waals surface area contributed by atoms with E-state index in [-0.39, 0.29) is 58.1 Å². The summed E-state index contributed by atoms with van der Waals surface area (Å²) in [6.07, 6.45) is 12.9. The number of aryl methyl sites for hydroxylation is 1. The number of aromatic nitrogens is 3. The first kappa shape index (κ1) is 48.9. The van der Waals surface area contributed by atoms with Crippen molar-refractivity contribution in [3.8, 4) is 23.0 Å². The number of halogens is 2. The van der Waals surface area contributed by atoms with Crippen LogP contribution in [-0.4, -0.2) is 149 Å². The van der Waals surface area contributed by atoms with Crippen molar-refractivity contribution in [2.24, 2.45) is 16.7 Å². The number of phenols is 1. The van der Waals surface area contributed by atoms with Gasteiger partial charge in [-0.25, -0.2) is 8.78 Å². The molecule has 2 aromatic heterocycles. The van der Waals surface area contributed by atoms with Gasteiger partial charge in [0, 0.05) is 92.7 Å². The van der Waals surface area contributed by atoms with Crippen molar-refractivity contribution in [2.45, 2.75) is 102 Å². The van der Waals surface area contributed by atoms with Gasteiger partial charge in [-0.1, -0.05) is 13.0 Å². The number of benzene rings is 3. The maximum Gasteiger partial charge on any atom is 0.319 e. The molecule has 0 bridgehead atoms. The summed E-state index contributed by atoms with van der Waals surface area (Å²) in [7, 11) is 4.18. The van der Waals surface area contributed by atoms with Crippen LogP contribution in [0.2, 0.25) is 0 Å². The number of rotatable bonds is 15. The van der Waals surface area contributed by atoms with Crippen molar-refractivity contribution in [3.63, 3.8) is 0 Å².